The van der Waals surface area contributed by atoms with Crippen molar-refractivity contribution >= 4 is 5.97 Å². The van der Waals surface area contributed by atoms with E-state index in [1.165, 1.54) is 5.56 Å². The maximum Gasteiger partial charge on any atom is 0.309 e. The summed E-state index contributed by atoms with van der Waals surface area (Å²) in [6.07, 6.45) is 8.22. The second-order valence-corrected chi connectivity index (χ2v) is 9.01. The predicted octanol–water partition coefficient (Wildman–Crippen LogP) is 3.04. The number of carbonyl (C=O) groups is 1. The third kappa shape index (κ3) is 2.03. The molecule has 4 bridgehead atoms. The summed E-state index contributed by atoms with van der Waals surface area (Å²) in [5.41, 5.74) is 2.02. The summed E-state index contributed by atoms with van der Waals surface area (Å²) in [5, 5.41) is 11.2. The minimum Gasteiger partial charge on any atom is -0.504 e. The van der Waals surface area contributed by atoms with Gasteiger partial charge in [-0.05, 0) is 63.7 Å². The normalized spacial score (nSPS) is 37.9. The molecule has 0 radical (unpaired) electrons. The number of piperidine rings is 1. The number of hydrogen-bond acceptors (Lipinski definition) is 5. The Morgan fingerprint density at radius 1 is 1.36 bits per heavy atom. The van der Waals surface area contributed by atoms with Gasteiger partial charge in [0.25, 0.3) is 0 Å². The zero-order chi connectivity index (χ0) is 19.7. The van der Waals surface area contributed by atoms with Crippen LogP contribution in [0.2, 0.25) is 0 Å². The second-order valence-electron chi connectivity index (χ2n) is 9.01. The molecule has 6 rings (SSSR count). The van der Waals surface area contributed by atoms with E-state index in [1.54, 1.807) is 7.11 Å². The van der Waals surface area contributed by atoms with E-state index in [0.29, 0.717) is 24.1 Å². The van der Waals surface area contributed by atoms with Crippen LogP contribution < -0.4 is 4.74 Å². The van der Waals surface area contributed by atoms with E-state index in [9.17, 15) is 9.90 Å². The van der Waals surface area contributed by atoms with Gasteiger partial charge in [0.1, 0.15) is 0 Å². The molecule has 0 amide bonds. The maximum atomic E-state index is 12.7. The first-order chi connectivity index (χ1) is 13.5. The molecule has 28 heavy (non-hydrogen) atoms. The van der Waals surface area contributed by atoms with Crippen LogP contribution in [-0.2, 0) is 21.4 Å². The Balaban J connectivity index is 1.70. The van der Waals surface area contributed by atoms with Gasteiger partial charge in [-0.3, -0.25) is 4.79 Å². The van der Waals surface area contributed by atoms with Crippen molar-refractivity contribution in [2.24, 2.45) is 17.3 Å². The van der Waals surface area contributed by atoms with Crippen LogP contribution in [0.3, 0.4) is 0 Å². The number of esters is 1. The number of methoxy groups -OCH3 is 1. The van der Waals surface area contributed by atoms with Crippen LogP contribution in [0, 0.1) is 17.3 Å². The number of aromatic hydroxyl groups is 1. The Morgan fingerprint density at radius 3 is 2.93 bits per heavy atom. The van der Waals surface area contributed by atoms with Gasteiger partial charge in [0.05, 0.1) is 19.6 Å². The van der Waals surface area contributed by atoms with E-state index in [2.05, 4.69) is 30.2 Å². The number of likely N-dealkylation sites (tertiary alicyclic amines) is 1. The lowest BCUT2D eigenvalue weighted by molar-refractivity contribution is -0.160. The Morgan fingerprint density at radius 2 is 2.18 bits per heavy atom. The van der Waals surface area contributed by atoms with Crippen molar-refractivity contribution in [2.75, 3.05) is 27.3 Å². The Bertz CT molecular complexity index is 864. The molecular formula is C23H29NO4. The molecule has 5 atom stereocenters. The molecule has 1 heterocycles. The summed E-state index contributed by atoms with van der Waals surface area (Å²) < 4.78 is 10.9. The van der Waals surface area contributed by atoms with E-state index in [0.717, 1.165) is 37.8 Å². The molecule has 1 spiro atoms. The quantitative estimate of drug-likeness (QED) is 0.642. The smallest absolute Gasteiger partial charge is 0.309 e. The lowest BCUT2D eigenvalue weighted by Gasteiger charge is -2.68. The van der Waals surface area contributed by atoms with E-state index in [4.69, 9.17) is 9.47 Å². The van der Waals surface area contributed by atoms with Gasteiger partial charge in [0.15, 0.2) is 11.5 Å². The number of phenols is 1. The number of likely N-dealkylation sites (N-methyl/N-ethyl adjacent to an activating group) is 1. The van der Waals surface area contributed by atoms with Crippen LogP contribution in [0.5, 0.6) is 11.5 Å². The zero-order valence-corrected chi connectivity index (χ0v) is 16.9. The summed E-state index contributed by atoms with van der Waals surface area (Å²) in [6.45, 7) is 3.31. The molecule has 1 aromatic carbocycles. The highest BCUT2D eigenvalue weighted by molar-refractivity contribution is 5.75. The highest BCUT2D eigenvalue weighted by atomic mass is 16.5. The van der Waals surface area contributed by atoms with Crippen LogP contribution >= 0.6 is 0 Å². The average Bonchev–Trinajstić information content (AvgIpc) is 2.70. The lowest BCUT2D eigenvalue weighted by atomic mass is 9.38. The molecule has 1 aliphatic heterocycles. The van der Waals surface area contributed by atoms with Crippen LogP contribution in [-0.4, -0.2) is 49.3 Å². The molecule has 4 aliphatic carbocycles. The summed E-state index contributed by atoms with van der Waals surface area (Å²) >= 11 is 0. The first-order valence-electron chi connectivity index (χ1n) is 10.4. The average molecular weight is 383 g/mol. The molecule has 0 aromatic heterocycles. The van der Waals surface area contributed by atoms with Crippen molar-refractivity contribution in [1.29, 1.82) is 0 Å². The predicted molar refractivity (Wildman–Crippen MR) is 105 cm³/mol. The fourth-order valence-electron chi connectivity index (χ4n) is 6.98. The van der Waals surface area contributed by atoms with Crippen molar-refractivity contribution < 1.29 is 19.4 Å². The highest BCUT2D eigenvalue weighted by Gasteiger charge is 2.68. The molecule has 5 aliphatic rings. The van der Waals surface area contributed by atoms with Gasteiger partial charge >= 0.3 is 5.97 Å². The molecule has 5 heteroatoms. The fourth-order valence-corrected chi connectivity index (χ4v) is 6.98. The molecule has 150 valence electrons. The number of carbonyl (C=O) groups excluding carboxylic acids is 1. The maximum absolute atomic E-state index is 12.7. The number of benzene rings is 1. The van der Waals surface area contributed by atoms with Crippen LogP contribution in [0.1, 0.15) is 37.3 Å². The first-order valence-corrected chi connectivity index (χ1v) is 10.4. The number of allylic oxidation sites excluding steroid dienone is 1. The van der Waals surface area contributed by atoms with Crippen molar-refractivity contribution in [3.05, 3.63) is 35.4 Å². The summed E-state index contributed by atoms with van der Waals surface area (Å²) in [4.78, 5) is 15.2. The van der Waals surface area contributed by atoms with Crippen LogP contribution in [0.4, 0.5) is 0 Å². The molecule has 5 nitrogen and oxygen atoms in total. The standard InChI is InChI=1S/C23H29NO4/c1-4-28-21(26)16-13-22-8-7-15(16)12-23(22)9-10-24(2)18(22)11-14-5-6-17(27-3)20(25)19(14)23/h5-8,15-16,18,25H,4,9-13H2,1-3H3/t15-,16+,18-,22+,23-/m1/s1. The lowest BCUT2D eigenvalue weighted by Crippen LogP contribution is -2.70. The zero-order valence-electron chi connectivity index (χ0n) is 16.9. The number of fused-ring (bicyclic) bond motifs is 2. The topological polar surface area (TPSA) is 59.0 Å². The molecule has 0 unspecified atom stereocenters. The largest absolute Gasteiger partial charge is 0.504 e. The summed E-state index contributed by atoms with van der Waals surface area (Å²) in [7, 11) is 3.81. The van der Waals surface area contributed by atoms with Crippen LogP contribution in [0.15, 0.2) is 24.3 Å². The molecule has 1 aromatic rings. The Labute approximate surface area is 166 Å². The van der Waals surface area contributed by atoms with Crippen molar-refractivity contribution in [2.45, 2.75) is 44.1 Å². The number of ether oxygens (including phenoxy) is 2. The number of nitrogens with zero attached hydrogens (tertiary/aromatic N) is 1. The van der Waals surface area contributed by atoms with E-state index in [1.807, 2.05) is 13.0 Å². The minimum atomic E-state index is -0.150. The van der Waals surface area contributed by atoms with E-state index < -0.39 is 0 Å². The third-order valence-electron chi connectivity index (χ3n) is 8.14. The van der Waals surface area contributed by atoms with Gasteiger partial charge in [0.2, 0.25) is 0 Å². The molecule has 1 saturated heterocycles. The Kier molecular flexibility index (Phi) is 3.86. The summed E-state index contributed by atoms with van der Waals surface area (Å²) in [5.74, 6) is 0.874. The Hall–Kier alpha value is -2.01. The molecule has 1 saturated carbocycles. The number of hydrogen-bond donors (Lipinski definition) is 1. The monoisotopic (exact) mass is 383 g/mol. The van der Waals surface area contributed by atoms with Crippen molar-refractivity contribution in [1.82, 2.24) is 4.90 Å². The number of rotatable bonds is 3. The molecular weight excluding hydrogens is 354 g/mol. The van der Waals surface area contributed by atoms with Gasteiger partial charge < -0.3 is 19.5 Å². The molecule has 1 N–H and O–H groups in total. The minimum absolute atomic E-state index is 0.0625. The van der Waals surface area contributed by atoms with Gasteiger partial charge in [0, 0.05) is 22.4 Å². The van der Waals surface area contributed by atoms with Gasteiger partial charge in [-0.2, -0.15) is 0 Å². The van der Waals surface area contributed by atoms with Gasteiger partial charge in [-0.15, -0.1) is 0 Å². The second kappa shape index (κ2) is 5.99. The van der Waals surface area contributed by atoms with Crippen molar-refractivity contribution in [3.8, 4) is 11.5 Å². The SMILES string of the molecule is CCOC(=O)[C@H]1C[C@]23C=C[C@@H]1C[C@@]21CCN(C)[C@@H]3Cc2ccc(OC)c(O)c21. The van der Waals surface area contributed by atoms with Gasteiger partial charge in [-0.25, -0.2) is 0 Å². The summed E-state index contributed by atoms with van der Waals surface area (Å²) in [6, 6.07) is 4.34. The van der Waals surface area contributed by atoms with Crippen molar-refractivity contribution in [3.63, 3.8) is 0 Å². The van der Waals surface area contributed by atoms with Crippen LogP contribution in [0.25, 0.3) is 0 Å². The molecule has 2 fully saturated rings. The fraction of sp³-hybridized carbons (Fsp3) is 0.609. The van der Waals surface area contributed by atoms with E-state index in [-0.39, 0.29) is 28.6 Å². The number of phenolic OH excluding ortho intramolecular Hbond substituents is 1. The van der Waals surface area contributed by atoms with E-state index >= 15 is 0 Å². The van der Waals surface area contributed by atoms with Gasteiger partial charge in [-0.1, -0.05) is 18.2 Å². The highest BCUT2D eigenvalue weighted by Crippen LogP contribution is 2.70. The third-order valence-corrected chi connectivity index (χ3v) is 8.14. The first kappa shape index (κ1) is 18.0.